The molecule has 2 heterocycles. The normalized spacial score (nSPS) is 32.6. The molecule has 2 nitrogen and oxygen atoms in total. The molecule has 0 amide bonds. The summed E-state index contributed by atoms with van der Waals surface area (Å²) in [6.45, 7) is 7.45. The van der Waals surface area contributed by atoms with Gasteiger partial charge in [-0.05, 0) is 64.2 Å². The molecule has 2 saturated heterocycles. The quantitative estimate of drug-likeness (QED) is 0.716. The molecule has 0 spiro atoms. The van der Waals surface area contributed by atoms with E-state index in [2.05, 4.69) is 17.1 Å². The minimum atomic E-state index is 0.914. The molecular weight excluding hydrogens is 184 g/mol. The summed E-state index contributed by atoms with van der Waals surface area (Å²) in [4.78, 5) is 2.76. The van der Waals surface area contributed by atoms with Crippen molar-refractivity contribution in [1.82, 2.24) is 10.2 Å². The second-order valence-electron chi connectivity index (χ2n) is 5.21. The Balaban J connectivity index is 1.81. The lowest BCUT2D eigenvalue weighted by atomic mass is 9.83. The molecule has 1 N–H and O–H groups in total. The molecule has 0 bridgehead atoms. The molecule has 2 fully saturated rings. The van der Waals surface area contributed by atoms with Gasteiger partial charge in [-0.1, -0.05) is 13.3 Å². The maximum absolute atomic E-state index is 3.61. The van der Waals surface area contributed by atoms with Crippen LogP contribution in [0.1, 0.15) is 45.4 Å². The summed E-state index contributed by atoms with van der Waals surface area (Å²) >= 11 is 0. The van der Waals surface area contributed by atoms with E-state index in [4.69, 9.17) is 0 Å². The Morgan fingerprint density at radius 2 is 2.00 bits per heavy atom. The van der Waals surface area contributed by atoms with E-state index in [1.54, 1.807) is 0 Å². The molecule has 88 valence electrons. The zero-order chi connectivity index (χ0) is 10.5. The average Bonchev–Trinajstić information content (AvgIpc) is 2.30. The first kappa shape index (κ1) is 11.4. The van der Waals surface area contributed by atoms with Crippen molar-refractivity contribution in [3.63, 3.8) is 0 Å². The van der Waals surface area contributed by atoms with E-state index >= 15 is 0 Å². The third-order valence-electron chi connectivity index (χ3n) is 4.06. The van der Waals surface area contributed by atoms with Gasteiger partial charge < -0.3 is 10.2 Å². The standard InChI is InChI=1S/C13H26N2/c1-2-8-14-11-12-6-5-10-15-9-4-3-7-13(12)15/h12-14H,2-11H2,1H3/t12-,13?/m0/s1. The highest BCUT2D eigenvalue weighted by molar-refractivity contribution is 4.87. The third kappa shape index (κ3) is 2.94. The molecule has 0 aromatic rings. The van der Waals surface area contributed by atoms with Gasteiger partial charge in [0.1, 0.15) is 0 Å². The Kier molecular flexibility index (Phi) is 4.45. The first-order valence-corrected chi connectivity index (χ1v) is 6.86. The van der Waals surface area contributed by atoms with Crippen LogP contribution in [0.2, 0.25) is 0 Å². The molecule has 2 atom stereocenters. The van der Waals surface area contributed by atoms with Gasteiger partial charge in [0.2, 0.25) is 0 Å². The Morgan fingerprint density at radius 1 is 1.13 bits per heavy atom. The second kappa shape index (κ2) is 5.86. The summed E-state index contributed by atoms with van der Waals surface area (Å²) in [7, 11) is 0. The van der Waals surface area contributed by atoms with Crippen LogP contribution in [0.15, 0.2) is 0 Å². The first-order valence-electron chi connectivity index (χ1n) is 6.86. The van der Waals surface area contributed by atoms with Crippen LogP contribution in [0.25, 0.3) is 0 Å². The molecule has 0 aromatic heterocycles. The number of nitrogens with zero attached hydrogens (tertiary/aromatic N) is 1. The van der Waals surface area contributed by atoms with Crippen LogP contribution in [0.3, 0.4) is 0 Å². The van der Waals surface area contributed by atoms with Crippen LogP contribution in [-0.4, -0.2) is 37.1 Å². The molecule has 15 heavy (non-hydrogen) atoms. The van der Waals surface area contributed by atoms with Crippen molar-refractivity contribution in [2.75, 3.05) is 26.2 Å². The van der Waals surface area contributed by atoms with Crippen molar-refractivity contribution >= 4 is 0 Å². The highest BCUT2D eigenvalue weighted by Crippen LogP contribution is 2.30. The lowest BCUT2D eigenvalue weighted by Crippen LogP contribution is -2.50. The van der Waals surface area contributed by atoms with E-state index in [-0.39, 0.29) is 0 Å². The highest BCUT2D eigenvalue weighted by atomic mass is 15.2. The van der Waals surface area contributed by atoms with E-state index < -0.39 is 0 Å². The van der Waals surface area contributed by atoms with Crippen LogP contribution in [0, 0.1) is 5.92 Å². The topological polar surface area (TPSA) is 15.3 Å². The minimum absolute atomic E-state index is 0.914. The second-order valence-corrected chi connectivity index (χ2v) is 5.21. The molecule has 1 unspecified atom stereocenters. The number of hydrogen-bond donors (Lipinski definition) is 1. The maximum atomic E-state index is 3.61. The first-order chi connectivity index (χ1) is 7.42. The van der Waals surface area contributed by atoms with E-state index in [9.17, 15) is 0 Å². The van der Waals surface area contributed by atoms with E-state index in [1.807, 2.05) is 0 Å². The smallest absolute Gasteiger partial charge is 0.0136 e. The number of piperidine rings is 2. The number of hydrogen-bond acceptors (Lipinski definition) is 2. The van der Waals surface area contributed by atoms with Gasteiger partial charge in [-0.25, -0.2) is 0 Å². The van der Waals surface area contributed by atoms with E-state index in [1.165, 1.54) is 64.7 Å². The molecule has 0 aromatic carbocycles. The van der Waals surface area contributed by atoms with Crippen molar-refractivity contribution in [3.8, 4) is 0 Å². The Hall–Kier alpha value is -0.0800. The molecule has 0 radical (unpaired) electrons. The van der Waals surface area contributed by atoms with Gasteiger partial charge in [0, 0.05) is 6.04 Å². The third-order valence-corrected chi connectivity index (χ3v) is 4.06. The van der Waals surface area contributed by atoms with Crippen molar-refractivity contribution in [2.45, 2.75) is 51.5 Å². The SMILES string of the molecule is CCCNC[C@@H]1CCCN2CCCCC12. The summed E-state index contributed by atoms with van der Waals surface area (Å²) < 4.78 is 0. The van der Waals surface area contributed by atoms with Gasteiger partial charge in [-0.3, -0.25) is 0 Å². The zero-order valence-electron chi connectivity index (χ0n) is 10.2. The fourth-order valence-corrected chi connectivity index (χ4v) is 3.28. The molecule has 2 rings (SSSR count). The summed E-state index contributed by atoms with van der Waals surface area (Å²) in [5.74, 6) is 0.936. The van der Waals surface area contributed by atoms with Crippen molar-refractivity contribution in [2.24, 2.45) is 5.92 Å². The van der Waals surface area contributed by atoms with Crippen molar-refractivity contribution < 1.29 is 0 Å². The zero-order valence-corrected chi connectivity index (χ0v) is 10.2. The molecule has 2 heteroatoms. The predicted octanol–water partition coefficient (Wildman–Crippen LogP) is 2.25. The summed E-state index contributed by atoms with van der Waals surface area (Å²) in [5.41, 5.74) is 0. The lowest BCUT2D eigenvalue weighted by Gasteiger charge is -2.44. The van der Waals surface area contributed by atoms with Gasteiger partial charge in [0.15, 0.2) is 0 Å². The van der Waals surface area contributed by atoms with E-state index in [0.29, 0.717) is 0 Å². The van der Waals surface area contributed by atoms with Crippen molar-refractivity contribution in [3.05, 3.63) is 0 Å². The fraction of sp³-hybridized carbons (Fsp3) is 1.00. The number of fused-ring (bicyclic) bond motifs is 1. The monoisotopic (exact) mass is 210 g/mol. The largest absolute Gasteiger partial charge is 0.316 e. The van der Waals surface area contributed by atoms with Crippen LogP contribution in [0.5, 0.6) is 0 Å². The minimum Gasteiger partial charge on any atom is -0.316 e. The lowest BCUT2D eigenvalue weighted by molar-refractivity contribution is 0.0596. The number of nitrogens with one attached hydrogen (secondary N) is 1. The van der Waals surface area contributed by atoms with Crippen LogP contribution in [-0.2, 0) is 0 Å². The average molecular weight is 210 g/mol. The van der Waals surface area contributed by atoms with Gasteiger partial charge in [0.05, 0.1) is 0 Å². The summed E-state index contributed by atoms with van der Waals surface area (Å²) in [6.07, 6.45) is 8.50. The molecule has 0 aliphatic carbocycles. The highest BCUT2D eigenvalue weighted by Gasteiger charge is 2.32. The van der Waals surface area contributed by atoms with Gasteiger partial charge in [-0.2, -0.15) is 0 Å². The summed E-state index contributed by atoms with van der Waals surface area (Å²) in [6, 6.07) is 0.914. The number of rotatable bonds is 4. The van der Waals surface area contributed by atoms with Gasteiger partial charge in [0.25, 0.3) is 0 Å². The Labute approximate surface area is 94.4 Å². The Bertz CT molecular complexity index is 179. The predicted molar refractivity (Wildman–Crippen MR) is 65.1 cm³/mol. The van der Waals surface area contributed by atoms with Gasteiger partial charge in [-0.15, -0.1) is 0 Å². The molecule has 0 saturated carbocycles. The van der Waals surface area contributed by atoms with Crippen molar-refractivity contribution in [1.29, 1.82) is 0 Å². The van der Waals surface area contributed by atoms with Crippen LogP contribution >= 0.6 is 0 Å². The van der Waals surface area contributed by atoms with Crippen LogP contribution < -0.4 is 5.32 Å². The van der Waals surface area contributed by atoms with E-state index in [0.717, 1.165) is 12.0 Å². The maximum Gasteiger partial charge on any atom is 0.0136 e. The summed E-state index contributed by atoms with van der Waals surface area (Å²) in [5, 5.41) is 3.61. The fourth-order valence-electron chi connectivity index (χ4n) is 3.28. The Morgan fingerprint density at radius 3 is 2.87 bits per heavy atom. The van der Waals surface area contributed by atoms with Crippen LogP contribution in [0.4, 0.5) is 0 Å². The van der Waals surface area contributed by atoms with Gasteiger partial charge >= 0.3 is 0 Å². The molecular formula is C13H26N2. The molecule has 2 aliphatic rings. The molecule has 2 aliphatic heterocycles.